The summed E-state index contributed by atoms with van der Waals surface area (Å²) in [5, 5.41) is 9.25. The summed E-state index contributed by atoms with van der Waals surface area (Å²) in [4.78, 5) is 19.5. The summed E-state index contributed by atoms with van der Waals surface area (Å²) in [6.07, 6.45) is -2.74. The molecule has 0 bridgehead atoms. The third kappa shape index (κ3) is 6.79. The van der Waals surface area contributed by atoms with Gasteiger partial charge in [-0.3, -0.25) is 9.80 Å². The number of benzene rings is 2. The van der Waals surface area contributed by atoms with Crippen LogP contribution in [0.1, 0.15) is 48.4 Å². The molecule has 0 unspecified atom stereocenters. The number of hydrogen-bond donors (Lipinski definition) is 2. The Morgan fingerprint density at radius 2 is 1.88 bits per heavy atom. The number of aromatic nitrogens is 3. The Bertz CT molecular complexity index is 2490. The van der Waals surface area contributed by atoms with E-state index in [0.717, 1.165) is 18.6 Å². The van der Waals surface area contributed by atoms with Crippen molar-refractivity contribution in [3.63, 3.8) is 0 Å². The highest BCUT2D eigenvalue weighted by Gasteiger charge is 2.50. The van der Waals surface area contributed by atoms with Crippen LogP contribution < -0.4 is 25.8 Å². The number of nitrogens with two attached hydrogens (primary N) is 2. The van der Waals surface area contributed by atoms with Crippen LogP contribution in [0.4, 0.5) is 43.0 Å². The smallest absolute Gasteiger partial charge is 0.420 e. The Balaban J connectivity index is 1.29. The van der Waals surface area contributed by atoms with Crippen molar-refractivity contribution in [3.8, 4) is 29.0 Å². The van der Waals surface area contributed by atoms with Gasteiger partial charge in [0.25, 0.3) is 0 Å². The number of morpholine rings is 1. The molecule has 3 aromatic heterocycles. The summed E-state index contributed by atoms with van der Waals surface area (Å²) in [7, 11) is 0. The summed E-state index contributed by atoms with van der Waals surface area (Å²) in [6.45, 7) is 3.46. The molecule has 0 spiro atoms. The molecule has 0 radical (unpaired) electrons. The first-order valence-electron chi connectivity index (χ1n) is 19.4. The van der Waals surface area contributed by atoms with Crippen LogP contribution in [0.5, 0.6) is 11.8 Å². The summed E-state index contributed by atoms with van der Waals surface area (Å²) in [6, 6.07) is 6.24. The molecule has 0 aliphatic carbocycles. The molecule has 310 valence electrons. The monoisotopic (exact) mass is 839 g/mol. The number of pyridine rings is 1. The fourth-order valence-corrected chi connectivity index (χ4v) is 10.3. The van der Waals surface area contributed by atoms with Gasteiger partial charge >= 0.3 is 12.2 Å². The number of anilines is 3. The van der Waals surface area contributed by atoms with Gasteiger partial charge in [-0.1, -0.05) is 12.1 Å². The van der Waals surface area contributed by atoms with E-state index in [0.29, 0.717) is 69.1 Å². The van der Waals surface area contributed by atoms with Crippen LogP contribution in [0.3, 0.4) is 0 Å². The summed E-state index contributed by atoms with van der Waals surface area (Å²) in [5.41, 5.74) is 8.68. The molecule has 4 aliphatic rings. The predicted octanol–water partition coefficient (Wildman–Crippen LogP) is 6.86. The molecule has 59 heavy (non-hydrogen) atoms. The molecule has 5 aromatic rings. The van der Waals surface area contributed by atoms with Crippen molar-refractivity contribution < 1.29 is 40.6 Å². The number of fused-ring (bicyclic) bond motifs is 2. The third-order valence-electron chi connectivity index (χ3n) is 12.0. The molecule has 9 rings (SSSR count). The Kier molecular flexibility index (Phi) is 10.1. The van der Waals surface area contributed by atoms with Crippen LogP contribution in [-0.2, 0) is 10.9 Å². The fourth-order valence-electron chi connectivity index (χ4n) is 9.34. The Hall–Kier alpha value is -5.16. The first kappa shape index (κ1) is 39.3. The number of nitrogen functional groups attached to an aromatic ring is 2. The number of thiophene rings is 1. The molecular weight excluding hydrogens is 801 g/mol. The Labute approximate surface area is 338 Å². The van der Waals surface area contributed by atoms with E-state index in [-0.39, 0.29) is 76.4 Å². The molecule has 0 saturated carbocycles. The lowest BCUT2D eigenvalue weighted by Crippen LogP contribution is -2.43. The average molecular weight is 840 g/mol. The maximum Gasteiger partial charge on any atom is 0.420 e. The molecule has 0 amide bonds. The number of hydrogen-bond acceptors (Lipinski definition) is 13. The first-order valence-corrected chi connectivity index (χ1v) is 20.2. The second-order valence-corrected chi connectivity index (χ2v) is 16.4. The Morgan fingerprint density at radius 3 is 2.64 bits per heavy atom. The molecule has 7 heterocycles. The number of halogens is 6. The van der Waals surface area contributed by atoms with Crippen molar-refractivity contribution in [2.45, 2.75) is 49.6 Å². The molecule has 3 saturated heterocycles. The van der Waals surface area contributed by atoms with Gasteiger partial charge in [-0.2, -0.15) is 28.4 Å². The van der Waals surface area contributed by atoms with Gasteiger partial charge in [0.2, 0.25) is 0 Å². The highest BCUT2D eigenvalue weighted by atomic mass is 32.1. The van der Waals surface area contributed by atoms with Gasteiger partial charge in [0.15, 0.2) is 5.82 Å². The predicted molar refractivity (Wildman–Crippen MR) is 209 cm³/mol. The molecule has 2 aromatic carbocycles. The Morgan fingerprint density at radius 1 is 1.07 bits per heavy atom. The molecule has 4 N–H and O–H groups in total. The van der Waals surface area contributed by atoms with Crippen LogP contribution in [0, 0.1) is 23.0 Å². The normalized spacial score (nSPS) is 21.7. The minimum absolute atomic E-state index is 0.0295. The average Bonchev–Trinajstić information content (AvgIpc) is 3.82. The van der Waals surface area contributed by atoms with Crippen molar-refractivity contribution in [1.29, 1.82) is 5.26 Å². The maximum absolute atomic E-state index is 17.7. The van der Waals surface area contributed by atoms with E-state index in [1.165, 1.54) is 6.20 Å². The van der Waals surface area contributed by atoms with Crippen molar-refractivity contribution in [1.82, 2.24) is 24.8 Å². The van der Waals surface area contributed by atoms with Gasteiger partial charge in [0, 0.05) is 55.3 Å². The van der Waals surface area contributed by atoms with Gasteiger partial charge in [-0.25, -0.2) is 18.2 Å². The van der Waals surface area contributed by atoms with Gasteiger partial charge in [-0.15, -0.1) is 11.3 Å². The zero-order valence-corrected chi connectivity index (χ0v) is 32.4. The quantitative estimate of drug-likeness (QED) is 0.149. The number of nitrogens with zero attached hydrogens (tertiary/aromatic N) is 7. The van der Waals surface area contributed by atoms with Crippen LogP contribution in [-0.4, -0.2) is 102 Å². The largest absolute Gasteiger partial charge is 0.490 e. The number of rotatable bonds is 9. The lowest BCUT2D eigenvalue weighted by Gasteiger charge is -2.35. The summed E-state index contributed by atoms with van der Waals surface area (Å²) < 4.78 is 113. The zero-order chi connectivity index (χ0) is 41.2. The van der Waals surface area contributed by atoms with E-state index in [4.69, 9.17) is 30.7 Å². The second kappa shape index (κ2) is 15.1. The van der Waals surface area contributed by atoms with Gasteiger partial charge in [0.1, 0.15) is 64.7 Å². The number of ether oxygens (including phenoxy) is 3. The summed E-state index contributed by atoms with van der Waals surface area (Å²) in [5.74, 6) is -2.92. The number of nitriles is 1. The maximum atomic E-state index is 17.7. The standard InChI is InChI=1S/C40H39F6N9O3S/c41-21-17-39(7-2-9-54(39)19-21)20-58-38-51-32-29-33(30(40(44,45)46)28(31(32)43)23-4-5-25(42)34-27(23)24(18-47)36(49)59-34)57-16-13-55(37(29)52-38)26(22-3-1-8-50-35(22)48)6-10-53-11-14-56-15-12-53/h1,3-5,8,21,26H,2,6-7,9-17,19-20,49H2,(H2,48,50)/t21-,26-,39+/m1/s1. The first-order chi connectivity index (χ1) is 28.4. The van der Waals surface area contributed by atoms with E-state index < -0.39 is 63.5 Å². The van der Waals surface area contributed by atoms with Gasteiger partial charge < -0.3 is 30.6 Å². The van der Waals surface area contributed by atoms with Gasteiger partial charge in [0.05, 0.1) is 47.0 Å². The van der Waals surface area contributed by atoms with Crippen LogP contribution >= 0.6 is 11.3 Å². The molecule has 3 fully saturated rings. The lowest BCUT2D eigenvalue weighted by molar-refractivity contribution is -0.138. The minimum atomic E-state index is -5.25. The van der Waals surface area contributed by atoms with E-state index in [9.17, 15) is 9.65 Å². The SMILES string of the molecule is N#Cc1c(N)sc2c(F)ccc(-c3c(C(F)(F)F)c4c5c(nc(OC[C@@]67CCCN6C[C@H](F)C7)nc5c3F)N([C@H](CCN3CCOCC3)c3cccnc3N)CCO4)c12. The van der Waals surface area contributed by atoms with Crippen molar-refractivity contribution in [3.05, 3.63) is 58.8 Å². The fraction of sp³-hybridized carbons (Fsp3) is 0.450. The number of alkyl halides is 4. The van der Waals surface area contributed by atoms with Crippen LogP contribution in [0.2, 0.25) is 0 Å². The topological polar surface area (TPSA) is 152 Å². The van der Waals surface area contributed by atoms with Crippen molar-refractivity contribution in [2.75, 3.05) is 82.1 Å². The second-order valence-electron chi connectivity index (χ2n) is 15.3. The molecule has 3 atom stereocenters. The van der Waals surface area contributed by atoms with Crippen molar-refractivity contribution >= 4 is 49.0 Å². The van der Waals surface area contributed by atoms with E-state index >= 15 is 22.0 Å². The van der Waals surface area contributed by atoms with Crippen LogP contribution in [0.15, 0.2) is 30.5 Å². The molecular formula is C40H39F6N9O3S. The highest BCUT2D eigenvalue weighted by molar-refractivity contribution is 7.23. The molecule has 4 aliphatic heterocycles. The molecule has 12 nitrogen and oxygen atoms in total. The van der Waals surface area contributed by atoms with E-state index in [2.05, 4.69) is 14.9 Å². The third-order valence-corrected chi connectivity index (χ3v) is 13.0. The minimum Gasteiger partial charge on any atom is -0.490 e. The van der Waals surface area contributed by atoms with Crippen LogP contribution in [0.25, 0.3) is 32.1 Å². The van der Waals surface area contributed by atoms with E-state index in [1.54, 1.807) is 17.0 Å². The van der Waals surface area contributed by atoms with E-state index in [1.807, 2.05) is 11.0 Å². The van der Waals surface area contributed by atoms with Gasteiger partial charge in [-0.05, 0) is 43.5 Å². The summed E-state index contributed by atoms with van der Waals surface area (Å²) >= 11 is 0.671. The highest BCUT2D eigenvalue weighted by Crippen LogP contribution is 2.54. The molecule has 19 heteroatoms. The van der Waals surface area contributed by atoms with Crippen molar-refractivity contribution in [2.24, 2.45) is 0 Å². The lowest BCUT2D eigenvalue weighted by atomic mass is 9.91. The zero-order valence-electron chi connectivity index (χ0n) is 31.6.